The van der Waals surface area contributed by atoms with Crippen LogP contribution in [0.25, 0.3) is 28.6 Å². The Balaban J connectivity index is 1.69. The van der Waals surface area contributed by atoms with Gasteiger partial charge in [-0.05, 0) is 36.4 Å². The zero-order chi connectivity index (χ0) is 22.3. The van der Waals surface area contributed by atoms with Crippen molar-refractivity contribution in [3.63, 3.8) is 0 Å². The maximum atomic E-state index is 12.7. The van der Waals surface area contributed by atoms with Crippen LogP contribution in [-0.4, -0.2) is 24.1 Å². The lowest BCUT2D eigenvalue weighted by Crippen LogP contribution is -2.12. The van der Waals surface area contributed by atoms with Crippen LogP contribution in [0.1, 0.15) is 11.1 Å². The van der Waals surface area contributed by atoms with Gasteiger partial charge < -0.3 is 5.32 Å². The van der Waals surface area contributed by atoms with Crippen molar-refractivity contribution in [3.05, 3.63) is 96.2 Å². The summed E-state index contributed by atoms with van der Waals surface area (Å²) in [6.07, 6.45) is 3.57. The van der Waals surface area contributed by atoms with E-state index in [1.54, 1.807) is 16.8 Å². The van der Waals surface area contributed by atoms with Crippen molar-refractivity contribution in [2.45, 2.75) is 4.90 Å². The first-order valence-electron chi connectivity index (χ1n) is 9.81. The van der Waals surface area contributed by atoms with Crippen LogP contribution in [-0.2, 0) is 14.8 Å². The molecular weight excluding hydrogens is 424 g/mol. The smallest absolute Gasteiger partial charge is 0.256 e. The molecular formula is C24H18N4O3S. The van der Waals surface area contributed by atoms with Crippen LogP contribution in [0.4, 0.5) is 5.69 Å². The second kappa shape index (κ2) is 7.60. The quantitative estimate of drug-likeness (QED) is 0.470. The summed E-state index contributed by atoms with van der Waals surface area (Å²) in [6.45, 7) is 0. The summed E-state index contributed by atoms with van der Waals surface area (Å²) in [7, 11) is -3.90. The van der Waals surface area contributed by atoms with E-state index in [1.807, 2.05) is 66.9 Å². The first-order chi connectivity index (χ1) is 15.4. The summed E-state index contributed by atoms with van der Waals surface area (Å²) in [6, 6.07) is 23.6. The number of fused-ring (bicyclic) bond motifs is 1. The number of nitrogens with two attached hydrogens (primary N) is 1. The Morgan fingerprint density at radius 2 is 1.62 bits per heavy atom. The fourth-order valence-corrected chi connectivity index (χ4v) is 4.21. The van der Waals surface area contributed by atoms with Gasteiger partial charge in [-0.25, -0.2) is 18.2 Å². The van der Waals surface area contributed by atoms with Crippen LogP contribution >= 0.6 is 0 Å². The molecule has 1 amide bonds. The molecule has 0 spiro atoms. The number of benzene rings is 3. The minimum absolute atomic E-state index is 0.0538. The maximum absolute atomic E-state index is 12.7. The van der Waals surface area contributed by atoms with Crippen LogP contribution < -0.4 is 10.5 Å². The number of nitrogens with zero attached hydrogens (tertiary/aromatic N) is 2. The highest BCUT2D eigenvalue weighted by atomic mass is 32.2. The number of carbonyl (C=O) groups is 1. The molecule has 1 aliphatic rings. The van der Waals surface area contributed by atoms with Gasteiger partial charge in [-0.1, -0.05) is 48.5 Å². The van der Waals surface area contributed by atoms with Crippen LogP contribution in [0.3, 0.4) is 0 Å². The Kier molecular flexibility index (Phi) is 4.73. The third-order valence-corrected chi connectivity index (χ3v) is 6.12. The van der Waals surface area contributed by atoms with Crippen LogP contribution in [0, 0.1) is 0 Å². The van der Waals surface area contributed by atoms with Gasteiger partial charge in [0.05, 0.1) is 16.3 Å². The molecule has 0 saturated carbocycles. The zero-order valence-corrected chi connectivity index (χ0v) is 17.6. The zero-order valence-electron chi connectivity index (χ0n) is 16.8. The number of anilines is 1. The van der Waals surface area contributed by atoms with Gasteiger partial charge in [0.1, 0.15) is 0 Å². The number of nitrogens with one attached hydrogen (secondary N) is 1. The molecule has 0 fully saturated rings. The predicted molar refractivity (Wildman–Crippen MR) is 123 cm³/mol. The molecule has 0 radical (unpaired) electrons. The number of hydrogen-bond donors (Lipinski definition) is 2. The number of carbonyl (C=O) groups excluding carboxylic acids is 1. The highest BCUT2D eigenvalue weighted by Gasteiger charge is 2.26. The lowest BCUT2D eigenvalue weighted by molar-refractivity contribution is -0.110. The van der Waals surface area contributed by atoms with Gasteiger partial charge in [-0.15, -0.1) is 0 Å². The SMILES string of the molecule is NS(=O)(=O)c1ccc2c(c1)C(=Cc1cn(-c3ccccc3)nc1-c1ccccc1)C(=O)N2. The molecule has 0 aliphatic carbocycles. The predicted octanol–water partition coefficient (Wildman–Crippen LogP) is 3.68. The summed E-state index contributed by atoms with van der Waals surface area (Å²) in [5.74, 6) is -0.321. The first kappa shape index (κ1) is 19.9. The molecule has 0 unspecified atom stereocenters. The Morgan fingerprint density at radius 1 is 0.938 bits per heavy atom. The summed E-state index contributed by atoms with van der Waals surface area (Å²) in [5, 5.41) is 12.8. The molecule has 7 nitrogen and oxygen atoms in total. The molecule has 5 rings (SSSR count). The van der Waals surface area contributed by atoms with Crippen molar-refractivity contribution in [2.24, 2.45) is 5.14 Å². The Labute approximate surface area is 184 Å². The maximum Gasteiger partial charge on any atom is 0.256 e. The molecule has 0 bridgehead atoms. The Hall–Kier alpha value is -4.01. The van der Waals surface area contributed by atoms with Crippen LogP contribution in [0.15, 0.2) is 90.0 Å². The lowest BCUT2D eigenvalue weighted by Gasteiger charge is -2.03. The average Bonchev–Trinajstić information content (AvgIpc) is 3.35. The van der Waals surface area contributed by atoms with Crippen molar-refractivity contribution in [1.82, 2.24) is 9.78 Å². The normalized spacial score (nSPS) is 14.4. The van der Waals surface area contributed by atoms with Crippen LogP contribution in [0.5, 0.6) is 0 Å². The van der Waals surface area contributed by atoms with Gasteiger partial charge in [-0.3, -0.25) is 4.79 Å². The largest absolute Gasteiger partial charge is 0.321 e. The van der Waals surface area contributed by atoms with E-state index < -0.39 is 10.0 Å². The standard InChI is InChI=1S/C24H18N4O3S/c25-32(30,31)19-11-12-22-20(14-19)21(24(29)26-22)13-17-15-28(18-9-5-2-6-10-18)27-23(17)16-7-3-1-4-8-16/h1-15H,(H,26,29)(H2,25,30,31). The molecule has 32 heavy (non-hydrogen) atoms. The second-order valence-electron chi connectivity index (χ2n) is 7.34. The summed E-state index contributed by atoms with van der Waals surface area (Å²) >= 11 is 0. The van der Waals surface area contributed by atoms with Crippen molar-refractivity contribution in [3.8, 4) is 16.9 Å². The fraction of sp³-hybridized carbons (Fsp3) is 0. The lowest BCUT2D eigenvalue weighted by atomic mass is 10.0. The summed E-state index contributed by atoms with van der Waals surface area (Å²) in [5.41, 5.74) is 4.55. The fourth-order valence-electron chi connectivity index (χ4n) is 3.67. The van der Waals surface area contributed by atoms with Crippen molar-refractivity contribution in [2.75, 3.05) is 5.32 Å². The Bertz CT molecular complexity index is 1470. The molecule has 0 atom stereocenters. The second-order valence-corrected chi connectivity index (χ2v) is 8.91. The van der Waals surface area contributed by atoms with Gasteiger partial charge in [0.15, 0.2) is 0 Å². The number of hydrogen-bond acceptors (Lipinski definition) is 4. The molecule has 3 N–H and O–H groups in total. The molecule has 1 aliphatic heterocycles. The van der Waals surface area contributed by atoms with Gasteiger partial charge in [0.2, 0.25) is 10.0 Å². The number of para-hydroxylation sites is 1. The topological polar surface area (TPSA) is 107 Å². The van der Waals surface area contributed by atoms with E-state index in [0.717, 1.165) is 16.8 Å². The molecule has 158 valence electrons. The number of amides is 1. The van der Waals surface area contributed by atoms with E-state index in [-0.39, 0.29) is 10.8 Å². The highest BCUT2D eigenvalue weighted by Crippen LogP contribution is 2.36. The molecule has 4 aromatic rings. The van der Waals surface area contributed by atoms with Gasteiger partial charge >= 0.3 is 0 Å². The third kappa shape index (κ3) is 3.62. The van der Waals surface area contributed by atoms with Crippen molar-refractivity contribution in [1.29, 1.82) is 0 Å². The Morgan fingerprint density at radius 3 is 2.31 bits per heavy atom. The highest BCUT2D eigenvalue weighted by molar-refractivity contribution is 7.89. The molecule has 3 aromatic carbocycles. The van der Waals surface area contributed by atoms with E-state index in [2.05, 4.69) is 5.32 Å². The van der Waals surface area contributed by atoms with E-state index in [4.69, 9.17) is 10.2 Å². The molecule has 2 heterocycles. The monoisotopic (exact) mass is 442 g/mol. The number of rotatable bonds is 4. The van der Waals surface area contributed by atoms with E-state index in [0.29, 0.717) is 22.5 Å². The number of aromatic nitrogens is 2. The molecule has 0 saturated heterocycles. The van der Waals surface area contributed by atoms with Gasteiger partial charge in [0, 0.05) is 34.1 Å². The first-order valence-corrected chi connectivity index (χ1v) is 11.4. The van der Waals surface area contributed by atoms with E-state index in [9.17, 15) is 13.2 Å². The van der Waals surface area contributed by atoms with Crippen LogP contribution in [0.2, 0.25) is 0 Å². The van der Waals surface area contributed by atoms with Crippen molar-refractivity contribution >= 4 is 33.3 Å². The molecule has 8 heteroatoms. The van der Waals surface area contributed by atoms with E-state index >= 15 is 0 Å². The number of sulfonamides is 1. The van der Waals surface area contributed by atoms with Gasteiger partial charge in [0.25, 0.3) is 5.91 Å². The third-order valence-electron chi connectivity index (χ3n) is 5.21. The van der Waals surface area contributed by atoms with Crippen molar-refractivity contribution < 1.29 is 13.2 Å². The minimum Gasteiger partial charge on any atom is -0.321 e. The molecule has 1 aromatic heterocycles. The van der Waals surface area contributed by atoms with Gasteiger partial charge in [-0.2, -0.15) is 5.10 Å². The summed E-state index contributed by atoms with van der Waals surface area (Å²) < 4.78 is 25.4. The average molecular weight is 443 g/mol. The summed E-state index contributed by atoms with van der Waals surface area (Å²) in [4.78, 5) is 12.7. The van der Waals surface area contributed by atoms with E-state index in [1.165, 1.54) is 12.1 Å². The number of primary sulfonamides is 1. The minimum atomic E-state index is -3.90.